The van der Waals surface area contributed by atoms with E-state index in [4.69, 9.17) is 42.4 Å². The molecule has 1 aromatic rings. The zero-order chi connectivity index (χ0) is 29.7. The fourth-order valence-electron chi connectivity index (χ4n) is 1.34. The summed E-state index contributed by atoms with van der Waals surface area (Å²) in [7, 11) is -3.04. The molecule has 0 fully saturated rings. The van der Waals surface area contributed by atoms with E-state index in [0.29, 0.717) is 0 Å². The lowest BCUT2D eigenvalue weighted by Crippen LogP contribution is -2.47. The van der Waals surface area contributed by atoms with Gasteiger partial charge in [-0.1, -0.05) is 36.9 Å². The van der Waals surface area contributed by atoms with Crippen LogP contribution in [0.5, 0.6) is 0 Å². The summed E-state index contributed by atoms with van der Waals surface area (Å²) >= 11 is 11.5. The summed E-state index contributed by atoms with van der Waals surface area (Å²) in [4.78, 5) is 25.3. The van der Waals surface area contributed by atoms with E-state index < -0.39 is 97.3 Å². The fourth-order valence-corrected chi connectivity index (χ4v) is 1.68. The smallest absolute Gasteiger partial charge is 0.426 e. The first kappa shape index (κ1) is 7.44. The Kier molecular flexibility index (Phi) is 3.00. The van der Waals surface area contributed by atoms with E-state index in [1.807, 2.05) is 0 Å². The number of halogens is 2. The van der Waals surface area contributed by atoms with Gasteiger partial charge in [-0.3, -0.25) is 9.59 Å². The van der Waals surface area contributed by atoms with E-state index in [1.54, 1.807) is 0 Å². The van der Waals surface area contributed by atoms with E-state index in [-0.39, 0.29) is 0 Å². The van der Waals surface area contributed by atoms with Crippen molar-refractivity contribution in [2.75, 3.05) is 0 Å². The molecule has 0 spiro atoms. The summed E-state index contributed by atoms with van der Waals surface area (Å²) in [6.45, 7) is -7.82. The highest BCUT2D eigenvalue weighted by atomic mass is 35.5. The number of nitrogens with one attached hydrogen (secondary N) is 1. The highest BCUT2D eigenvalue weighted by Gasteiger charge is 2.26. The molecule has 1 amide bonds. The molecule has 0 bridgehead atoms. The normalized spacial score (nSPS) is 23.8. The van der Waals surface area contributed by atoms with Crippen molar-refractivity contribution >= 4 is 42.0 Å². The average Bonchev–Trinajstić information content (AvgIpc) is 2.71. The minimum Gasteiger partial charge on any atom is -0.426 e. The van der Waals surface area contributed by atoms with Crippen molar-refractivity contribution in [2.45, 2.75) is 38.8 Å². The SMILES string of the molecule is [2H]c1c([2H])c(Cl)c(C(=O)CC([2H])([2H])C(=O)N[C@H](B(O)O)C([2H])([2H])C([2H])(C([2H])([2H])[2H])C([2H])([2H])[2H])c([2H])c1Cl. The quantitative estimate of drug-likeness (QED) is 0.482. The Bertz CT molecular complexity index is 1040. The molecule has 0 saturated carbocycles. The highest BCUT2D eigenvalue weighted by molar-refractivity contribution is 6.43. The molecule has 0 saturated heterocycles. The van der Waals surface area contributed by atoms with Gasteiger partial charge in [0.05, 0.1) is 15.1 Å². The van der Waals surface area contributed by atoms with Gasteiger partial charge in [-0.2, -0.15) is 0 Å². The van der Waals surface area contributed by atoms with Crippen LogP contribution in [-0.4, -0.2) is 34.8 Å². The molecule has 0 aliphatic carbocycles. The Morgan fingerprint density at radius 3 is 2.78 bits per heavy atom. The van der Waals surface area contributed by atoms with Gasteiger partial charge in [0.2, 0.25) is 5.91 Å². The number of carbonyl (C=O) groups excluding carboxylic acids is 2. The van der Waals surface area contributed by atoms with E-state index >= 15 is 0 Å². The molecule has 23 heavy (non-hydrogen) atoms. The summed E-state index contributed by atoms with van der Waals surface area (Å²) in [5.74, 6) is -10.3. The second-order valence-corrected chi connectivity index (χ2v) is 4.79. The first-order valence-corrected chi connectivity index (χ1v) is 6.68. The molecule has 8 heteroatoms. The molecule has 0 aliphatic rings. The van der Waals surface area contributed by atoms with Crippen LogP contribution in [0.3, 0.4) is 0 Å². The molecule has 1 atom stereocenters. The van der Waals surface area contributed by atoms with Gasteiger partial charge in [0.15, 0.2) is 5.78 Å². The molecule has 3 N–H and O–H groups in total. The van der Waals surface area contributed by atoms with Crippen LogP contribution >= 0.6 is 23.2 Å². The maximum atomic E-state index is 12.7. The largest absolute Gasteiger partial charge is 0.475 e. The van der Waals surface area contributed by atoms with Crippen LogP contribution < -0.4 is 5.32 Å². The molecule has 5 nitrogen and oxygen atoms in total. The third-order valence-corrected chi connectivity index (χ3v) is 2.78. The standard InChI is InChI=1S/C15H20BCl2NO4/c1-9(2)7-14(16(22)23)19-15(21)6-5-13(20)11-8-10(17)3-4-12(11)18/h3-4,8-9,14,22-23H,5-7H2,1-2H3,(H,19,21)/t14-/m0/s1/i1D3,2D3,3D,4D,6D2,7D2,8D,9D. The number of amides is 1. The van der Waals surface area contributed by atoms with Crippen molar-refractivity contribution in [3.05, 3.63) is 33.7 Å². The number of ketones is 1. The first-order valence-electron chi connectivity index (χ1n) is 12.9. The minimum atomic E-state index is -4.05. The van der Waals surface area contributed by atoms with E-state index in [2.05, 4.69) is 0 Å². The van der Waals surface area contributed by atoms with Gasteiger partial charge in [-0.25, -0.2) is 0 Å². The van der Waals surface area contributed by atoms with Crippen LogP contribution in [0.25, 0.3) is 0 Å². The lowest BCUT2D eigenvalue weighted by molar-refractivity contribution is -0.121. The number of Topliss-reactive ketones (excluding diaryl/α,β-unsaturated/α-hetero) is 1. The number of carbonyl (C=O) groups is 2. The summed E-state index contributed by atoms with van der Waals surface area (Å²) in [5.41, 5.74) is -0.812. The van der Waals surface area contributed by atoms with Crippen LogP contribution in [0.1, 0.15) is 62.4 Å². The summed E-state index contributed by atoms with van der Waals surface area (Å²) in [6.07, 6.45) is -8.75. The third kappa shape index (κ3) is 6.91. The lowest BCUT2D eigenvalue weighted by atomic mass is 9.75. The van der Waals surface area contributed by atoms with Crippen LogP contribution in [-0.2, 0) is 4.79 Å². The Labute approximate surface area is 165 Å². The Morgan fingerprint density at radius 2 is 2.17 bits per heavy atom. The topological polar surface area (TPSA) is 86.6 Å². The maximum absolute atomic E-state index is 12.7. The number of benzene rings is 1. The van der Waals surface area contributed by atoms with Crippen LogP contribution in [0.4, 0.5) is 0 Å². The maximum Gasteiger partial charge on any atom is 0.475 e. The first-order chi connectivity index (χ1) is 16.3. The van der Waals surface area contributed by atoms with Crippen LogP contribution in [0, 0.1) is 5.89 Å². The van der Waals surface area contributed by atoms with Crippen molar-refractivity contribution < 1.29 is 38.8 Å². The highest BCUT2D eigenvalue weighted by Crippen LogP contribution is 2.22. The van der Waals surface area contributed by atoms with Gasteiger partial charge in [0.25, 0.3) is 0 Å². The number of hydrogen-bond acceptors (Lipinski definition) is 4. The van der Waals surface area contributed by atoms with Crippen molar-refractivity contribution in [1.29, 1.82) is 0 Å². The predicted octanol–water partition coefficient (Wildman–Crippen LogP) is 2.50. The molecule has 1 aromatic carbocycles. The van der Waals surface area contributed by atoms with Gasteiger partial charge in [0.1, 0.15) is 0 Å². The molecular formula is C15H20BCl2NO4. The van der Waals surface area contributed by atoms with Crippen LogP contribution in [0.2, 0.25) is 10.0 Å². The summed E-state index contributed by atoms with van der Waals surface area (Å²) < 4.78 is 107. The molecule has 0 unspecified atom stereocenters. The van der Waals surface area contributed by atoms with E-state index in [0.717, 1.165) is 0 Å². The number of rotatable bonds is 8. The molecule has 0 aromatic heterocycles. The van der Waals surface area contributed by atoms with E-state index in [1.165, 1.54) is 5.32 Å². The molecular weight excluding hydrogens is 340 g/mol. The second-order valence-electron chi connectivity index (χ2n) is 4.04. The molecule has 0 heterocycles. The molecule has 0 radical (unpaired) electrons. The molecule has 126 valence electrons. The zero-order valence-electron chi connectivity index (χ0n) is 25.3. The Morgan fingerprint density at radius 1 is 1.48 bits per heavy atom. The lowest BCUT2D eigenvalue weighted by Gasteiger charge is -2.19. The predicted molar refractivity (Wildman–Crippen MR) is 91.6 cm³/mol. The number of hydrogen-bond donors (Lipinski definition) is 3. The van der Waals surface area contributed by atoms with Crippen molar-refractivity contribution in [3.63, 3.8) is 0 Å². The van der Waals surface area contributed by atoms with E-state index in [9.17, 15) is 19.6 Å². The minimum absolute atomic E-state index is 0.666. The van der Waals surface area contributed by atoms with Crippen LogP contribution in [0.15, 0.2) is 18.1 Å². The fraction of sp³-hybridized carbons (Fsp3) is 0.467. The Balaban J connectivity index is 3.45. The summed E-state index contributed by atoms with van der Waals surface area (Å²) in [5, 5.41) is 19.3. The average molecular weight is 374 g/mol. The van der Waals surface area contributed by atoms with Crippen molar-refractivity contribution in [1.82, 2.24) is 5.32 Å². The van der Waals surface area contributed by atoms with Gasteiger partial charge < -0.3 is 15.4 Å². The van der Waals surface area contributed by atoms with Gasteiger partial charge in [0, 0.05) is 38.5 Å². The van der Waals surface area contributed by atoms with Gasteiger partial charge in [-0.15, -0.1) is 0 Å². The van der Waals surface area contributed by atoms with Gasteiger partial charge in [-0.05, 0) is 30.4 Å². The summed E-state index contributed by atoms with van der Waals surface area (Å²) in [6, 6.07) is -2.31. The molecule has 0 aliphatic heterocycles. The third-order valence-electron chi connectivity index (χ3n) is 2.31. The molecule has 1 rings (SSSR count). The van der Waals surface area contributed by atoms with Gasteiger partial charge >= 0.3 is 7.12 Å². The Hall–Kier alpha value is -1.08. The second kappa shape index (κ2) is 9.28. The van der Waals surface area contributed by atoms with Crippen molar-refractivity contribution in [3.8, 4) is 0 Å². The van der Waals surface area contributed by atoms with Crippen molar-refractivity contribution in [2.24, 2.45) is 5.89 Å². The monoisotopic (exact) mass is 373 g/mol. The zero-order valence-corrected chi connectivity index (χ0v) is 12.8.